The Morgan fingerprint density at radius 2 is 0.898 bits per heavy atom. The van der Waals surface area contributed by atoms with Gasteiger partial charge in [-0.1, -0.05) is 145 Å². The molecule has 3 aromatic heterocycles. The second kappa shape index (κ2) is 15.0. The number of hydrogen-bond acceptors (Lipinski definition) is 7. The Hall–Kier alpha value is -7.19. The number of benzene rings is 7. The molecule has 0 aliphatic carbocycles. The second-order valence-corrected chi connectivity index (χ2v) is 16.5. The van der Waals surface area contributed by atoms with Crippen LogP contribution in [0.15, 0.2) is 210 Å². The maximum atomic E-state index is 5.07. The van der Waals surface area contributed by atoms with Gasteiger partial charge in [-0.3, -0.25) is 4.98 Å². The molecule has 278 valence electrons. The molecule has 1 aliphatic heterocycles. The van der Waals surface area contributed by atoms with Gasteiger partial charge in [0.05, 0.1) is 17.1 Å². The average molecular weight is 792 g/mol. The summed E-state index contributed by atoms with van der Waals surface area (Å²) < 4.78 is 0. The van der Waals surface area contributed by atoms with E-state index in [0.29, 0.717) is 17.5 Å². The van der Waals surface area contributed by atoms with Gasteiger partial charge >= 0.3 is 0 Å². The third kappa shape index (κ3) is 6.76. The lowest BCUT2D eigenvalue weighted by Crippen LogP contribution is -2.15. The summed E-state index contributed by atoms with van der Waals surface area (Å²) in [6.45, 7) is 0. The SMILES string of the molecule is c1ccc(-c2nc(-c3ccccc3)nc(-c3ccc4c(c3)Sc3cc(-c5ccc(-c6ccccc6)s5)ccc3N4c3cccc(-c4cc5ccccc5cn4)c3)n2)cc1. The van der Waals surface area contributed by atoms with Gasteiger partial charge in [0.2, 0.25) is 0 Å². The van der Waals surface area contributed by atoms with Gasteiger partial charge in [0.1, 0.15) is 0 Å². The van der Waals surface area contributed by atoms with Gasteiger partial charge < -0.3 is 4.90 Å². The highest BCUT2D eigenvalue weighted by Gasteiger charge is 2.27. The normalized spacial score (nSPS) is 12.0. The average Bonchev–Trinajstić information content (AvgIpc) is 3.82. The molecule has 0 radical (unpaired) electrons. The van der Waals surface area contributed by atoms with E-state index in [-0.39, 0.29) is 0 Å². The first-order valence-corrected chi connectivity index (χ1v) is 21.1. The number of anilines is 3. The highest BCUT2D eigenvalue weighted by molar-refractivity contribution is 7.99. The van der Waals surface area contributed by atoms with E-state index in [2.05, 4.69) is 138 Å². The number of thiophene rings is 1. The number of rotatable bonds is 7. The molecular weight excluding hydrogens is 759 g/mol. The third-order valence-electron chi connectivity index (χ3n) is 10.6. The molecule has 1 aliphatic rings. The van der Waals surface area contributed by atoms with Crippen LogP contribution in [-0.4, -0.2) is 19.9 Å². The Morgan fingerprint density at radius 3 is 1.56 bits per heavy atom. The molecule has 0 saturated carbocycles. The number of aromatic nitrogens is 4. The summed E-state index contributed by atoms with van der Waals surface area (Å²) in [6.07, 6.45) is 1.96. The van der Waals surface area contributed by atoms with Crippen molar-refractivity contribution in [1.29, 1.82) is 0 Å². The monoisotopic (exact) mass is 791 g/mol. The highest BCUT2D eigenvalue weighted by Crippen LogP contribution is 2.53. The Kier molecular flexibility index (Phi) is 8.87. The molecule has 0 atom stereocenters. The lowest BCUT2D eigenvalue weighted by Gasteiger charge is -2.33. The topological polar surface area (TPSA) is 54.8 Å². The molecule has 7 heteroatoms. The van der Waals surface area contributed by atoms with Crippen LogP contribution in [0.5, 0.6) is 0 Å². The van der Waals surface area contributed by atoms with Crippen molar-refractivity contribution < 1.29 is 0 Å². The third-order valence-corrected chi connectivity index (χ3v) is 12.8. The Labute approximate surface area is 350 Å². The number of fused-ring (bicyclic) bond motifs is 3. The fourth-order valence-corrected chi connectivity index (χ4v) is 9.76. The molecule has 0 N–H and O–H groups in total. The van der Waals surface area contributed by atoms with E-state index in [1.165, 1.54) is 31.2 Å². The molecule has 0 spiro atoms. The van der Waals surface area contributed by atoms with Crippen LogP contribution in [-0.2, 0) is 0 Å². The standard InChI is InChI=1S/C52H33N5S2/c1-4-13-34(14-5-1)46-27-28-47(58-46)39-23-25-44-48(31-39)59-49-32-40(52-55-50(35-15-6-2-7-16-35)54-51(56-52)36-17-8-3-9-18-36)24-26-45(49)57(44)42-22-12-21-38(29-42)43-30-37-19-10-11-20-41(37)33-53-43/h1-33H. The van der Waals surface area contributed by atoms with Gasteiger partial charge in [-0.25, -0.2) is 15.0 Å². The van der Waals surface area contributed by atoms with E-state index < -0.39 is 0 Å². The van der Waals surface area contributed by atoms with Gasteiger partial charge in [-0.15, -0.1) is 11.3 Å². The predicted octanol–water partition coefficient (Wildman–Crippen LogP) is 14.4. The number of hydrogen-bond donors (Lipinski definition) is 0. The molecule has 0 bridgehead atoms. The van der Waals surface area contributed by atoms with Crippen molar-refractivity contribution in [3.8, 4) is 66.3 Å². The van der Waals surface area contributed by atoms with E-state index in [9.17, 15) is 0 Å². The van der Waals surface area contributed by atoms with E-state index in [1.54, 1.807) is 11.8 Å². The Bertz CT molecular complexity index is 3090. The quantitative estimate of drug-likeness (QED) is 0.160. The zero-order valence-corrected chi connectivity index (χ0v) is 33.2. The molecule has 59 heavy (non-hydrogen) atoms. The van der Waals surface area contributed by atoms with E-state index in [4.69, 9.17) is 19.9 Å². The van der Waals surface area contributed by atoms with Crippen LogP contribution in [0.2, 0.25) is 0 Å². The minimum absolute atomic E-state index is 0.628. The molecule has 0 unspecified atom stereocenters. The van der Waals surface area contributed by atoms with Crippen molar-refractivity contribution in [1.82, 2.24) is 19.9 Å². The minimum atomic E-state index is 0.628. The second-order valence-electron chi connectivity index (χ2n) is 14.3. The van der Waals surface area contributed by atoms with Crippen molar-refractivity contribution in [3.63, 3.8) is 0 Å². The molecule has 0 amide bonds. The zero-order valence-electron chi connectivity index (χ0n) is 31.6. The van der Waals surface area contributed by atoms with Crippen molar-refractivity contribution in [3.05, 3.63) is 200 Å². The van der Waals surface area contributed by atoms with Crippen molar-refractivity contribution in [2.24, 2.45) is 0 Å². The van der Waals surface area contributed by atoms with Gasteiger partial charge in [0.25, 0.3) is 0 Å². The van der Waals surface area contributed by atoms with Crippen LogP contribution in [0.25, 0.3) is 77.1 Å². The summed E-state index contributed by atoms with van der Waals surface area (Å²) in [6, 6.07) is 68.0. The minimum Gasteiger partial charge on any atom is -0.308 e. The lowest BCUT2D eigenvalue weighted by atomic mass is 10.0. The summed E-state index contributed by atoms with van der Waals surface area (Å²) in [5.74, 6) is 1.91. The molecule has 0 saturated heterocycles. The fourth-order valence-electron chi connectivity index (χ4n) is 7.61. The van der Waals surface area contributed by atoms with Gasteiger partial charge in [-0.05, 0) is 77.2 Å². The van der Waals surface area contributed by atoms with Gasteiger partial charge in [0.15, 0.2) is 17.5 Å². The summed E-state index contributed by atoms with van der Waals surface area (Å²) >= 11 is 3.60. The van der Waals surface area contributed by atoms with Crippen LogP contribution in [0.3, 0.4) is 0 Å². The van der Waals surface area contributed by atoms with Crippen molar-refractivity contribution in [2.45, 2.75) is 9.79 Å². The molecular formula is C52H33N5S2. The first-order chi connectivity index (χ1) is 29.2. The fraction of sp³-hybridized carbons (Fsp3) is 0. The van der Waals surface area contributed by atoms with Crippen LogP contribution in [0.4, 0.5) is 17.1 Å². The molecule has 4 heterocycles. The van der Waals surface area contributed by atoms with E-state index in [1.807, 2.05) is 78.2 Å². The Balaban J connectivity index is 1.04. The highest BCUT2D eigenvalue weighted by atomic mass is 32.2. The first-order valence-electron chi connectivity index (χ1n) is 19.4. The van der Waals surface area contributed by atoms with Gasteiger partial charge in [-0.2, -0.15) is 0 Å². The molecule has 10 aromatic rings. The van der Waals surface area contributed by atoms with Gasteiger partial charge in [0, 0.05) is 59.1 Å². The molecule has 0 fully saturated rings. The molecule has 5 nitrogen and oxygen atoms in total. The number of nitrogens with zero attached hydrogens (tertiary/aromatic N) is 5. The number of pyridine rings is 1. The smallest absolute Gasteiger partial charge is 0.164 e. The maximum Gasteiger partial charge on any atom is 0.164 e. The summed E-state index contributed by atoms with van der Waals surface area (Å²) in [7, 11) is 0. The largest absolute Gasteiger partial charge is 0.308 e. The van der Waals surface area contributed by atoms with Crippen LogP contribution < -0.4 is 4.90 Å². The summed E-state index contributed by atoms with van der Waals surface area (Å²) in [5, 5.41) is 2.29. The summed E-state index contributed by atoms with van der Waals surface area (Å²) in [4.78, 5) is 27.1. The van der Waals surface area contributed by atoms with Crippen molar-refractivity contribution in [2.75, 3.05) is 4.90 Å². The van der Waals surface area contributed by atoms with Crippen LogP contribution in [0, 0.1) is 0 Å². The Morgan fingerprint density at radius 1 is 0.373 bits per heavy atom. The van der Waals surface area contributed by atoms with Crippen LogP contribution in [0.1, 0.15) is 0 Å². The van der Waals surface area contributed by atoms with E-state index in [0.717, 1.165) is 55.3 Å². The predicted molar refractivity (Wildman–Crippen MR) is 244 cm³/mol. The molecule has 11 rings (SSSR count). The molecule has 7 aromatic carbocycles. The lowest BCUT2D eigenvalue weighted by molar-refractivity contribution is 1.07. The first kappa shape index (κ1) is 35.0. The van der Waals surface area contributed by atoms with E-state index >= 15 is 0 Å². The van der Waals surface area contributed by atoms with Crippen molar-refractivity contribution >= 4 is 50.9 Å². The maximum absolute atomic E-state index is 5.07. The zero-order chi connectivity index (χ0) is 39.1. The van der Waals surface area contributed by atoms with Crippen LogP contribution >= 0.6 is 23.1 Å². The summed E-state index contributed by atoms with van der Waals surface area (Å²) in [5.41, 5.74) is 10.5.